The minimum Gasteiger partial charge on any atom is -0.503 e. The van der Waals surface area contributed by atoms with E-state index in [1.165, 1.54) is 14.0 Å². The Hall–Kier alpha value is -2.32. The van der Waals surface area contributed by atoms with Crippen molar-refractivity contribution < 1.29 is 19.4 Å². The highest BCUT2D eigenvalue weighted by molar-refractivity contribution is 9.13. The van der Waals surface area contributed by atoms with Gasteiger partial charge in [-0.05, 0) is 56.0 Å². The van der Waals surface area contributed by atoms with E-state index in [2.05, 4.69) is 42.5 Å². The number of carbonyl (C=O) groups excluding carboxylic acids is 2. The molecule has 140 valence electrons. The largest absolute Gasteiger partial charge is 0.503 e. The number of ketones is 1. The lowest BCUT2D eigenvalue weighted by Gasteiger charge is -2.30. The number of methoxy groups -OCH3 is 1. The van der Waals surface area contributed by atoms with Gasteiger partial charge in [0.1, 0.15) is 0 Å². The van der Waals surface area contributed by atoms with Crippen LogP contribution in [0.5, 0.6) is 11.5 Å². The van der Waals surface area contributed by atoms with Crippen molar-refractivity contribution in [2.24, 2.45) is 0 Å². The Morgan fingerprint density at radius 2 is 1.85 bits per heavy atom. The van der Waals surface area contributed by atoms with Gasteiger partial charge in [-0.15, -0.1) is 0 Å². The Bertz CT molecular complexity index is 958. The molecule has 8 heteroatoms. The molecule has 0 fully saturated rings. The van der Waals surface area contributed by atoms with Crippen LogP contribution in [0.25, 0.3) is 5.70 Å². The van der Waals surface area contributed by atoms with Gasteiger partial charge in [-0.3, -0.25) is 4.79 Å². The standard InChI is InChI=1S/C19H16Br2N2O4/c1-9(24)13-16(10-6-4-3-5-7-10)22-19(26)23-17(13)11-8-12(27-2)18(25)15(21)14(11)20/h3-8,17,25H,1-2H3,(H2,22,23,26)/t17-/m0/s1. The summed E-state index contributed by atoms with van der Waals surface area (Å²) in [7, 11) is 1.43. The average molecular weight is 496 g/mol. The van der Waals surface area contributed by atoms with Crippen LogP contribution in [0.1, 0.15) is 24.1 Å². The quantitative estimate of drug-likeness (QED) is 0.590. The molecule has 1 heterocycles. The van der Waals surface area contributed by atoms with Gasteiger partial charge in [0, 0.05) is 10.0 Å². The molecule has 0 aliphatic carbocycles. The van der Waals surface area contributed by atoms with Crippen molar-refractivity contribution in [2.45, 2.75) is 13.0 Å². The van der Waals surface area contributed by atoms with Gasteiger partial charge < -0.3 is 20.5 Å². The van der Waals surface area contributed by atoms with E-state index in [0.29, 0.717) is 25.8 Å². The molecule has 1 aliphatic rings. The predicted molar refractivity (Wildman–Crippen MR) is 109 cm³/mol. The van der Waals surface area contributed by atoms with Crippen LogP contribution < -0.4 is 15.4 Å². The number of amides is 2. The molecule has 2 aromatic carbocycles. The fraction of sp³-hybridized carbons (Fsp3) is 0.158. The number of urea groups is 1. The van der Waals surface area contributed by atoms with Crippen LogP contribution in [0, 0.1) is 0 Å². The Kier molecular flexibility index (Phi) is 5.57. The topological polar surface area (TPSA) is 87.7 Å². The minimum absolute atomic E-state index is 0.0787. The zero-order valence-corrected chi connectivity index (χ0v) is 17.6. The van der Waals surface area contributed by atoms with Gasteiger partial charge in [0.2, 0.25) is 0 Å². The number of nitrogens with one attached hydrogen (secondary N) is 2. The van der Waals surface area contributed by atoms with E-state index in [1.54, 1.807) is 6.07 Å². The zero-order valence-electron chi connectivity index (χ0n) is 14.5. The normalized spacial score (nSPS) is 16.6. The molecular formula is C19H16Br2N2O4. The van der Waals surface area contributed by atoms with E-state index in [0.717, 1.165) is 5.56 Å². The molecule has 27 heavy (non-hydrogen) atoms. The lowest BCUT2D eigenvalue weighted by molar-refractivity contribution is -0.113. The zero-order chi connectivity index (χ0) is 19.7. The van der Waals surface area contributed by atoms with Crippen LogP contribution in [0.3, 0.4) is 0 Å². The van der Waals surface area contributed by atoms with Crippen LogP contribution in [0.15, 0.2) is 50.9 Å². The number of ether oxygens (including phenoxy) is 1. The van der Waals surface area contributed by atoms with Crippen molar-refractivity contribution >= 4 is 49.4 Å². The summed E-state index contributed by atoms with van der Waals surface area (Å²) in [5.74, 6) is -0.0524. The summed E-state index contributed by atoms with van der Waals surface area (Å²) >= 11 is 6.75. The lowest BCUT2D eigenvalue weighted by atomic mass is 9.90. The molecule has 2 aromatic rings. The molecule has 0 saturated carbocycles. The van der Waals surface area contributed by atoms with Crippen LogP contribution in [0.2, 0.25) is 0 Å². The Labute approximate surface area is 172 Å². The summed E-state index contributed by atoms with van der Waals surface area (Å²) in [6, 6.07) is 9.60. The van der Waals surface area contributed by atoms with E-state index >= 15 is 0 Å². The van der Waals surface area contributed by atoms with Crippen molar-refractivity contribution in [1.82, 2.24) is 10.6 Å². The van der Waals surface area contributed by atoms with E-state index in [-0.39, 0.29) is 17.3 Å². The first kappa shape index (κ1) is 19.4. The van der Waals surface area contributed by atoms with E-state index < -0.39 is 12.1 Å². The molecule has 0 saturated heterocycles. The van der Waals surface area contributed by atoms with Gasteiger partial charge in [0.05, 0.1) is 23.3 Å². The number of benzene rings is 2. The van der Waals surface area contributed by atoms with Crippen LogP contribution in [-0.4, -0.2) is 24.0 Å². The Morgan fingerprint density at radius 1 is 1.19 bits per heavy atom. The molecule has 1 atom stereocenters. The third kappa shape index (κ3) is 3.59. The first-order chi connectivity index (χ1) is 12.8. The second kappa shape index (κ2) is 7.74. The monoisotopic (exact) mass is 494 g/mol. The van der Waals surface area contributed by atoms with Crippen molar-refractivity contribution in [3.05, 3.63) is 62.0 Å². The van der Waals surface area contributed by atoms with Gasteiger partial charge in [-0.1, -0.05) is 30.3 Å². The van der Waals surface area contributed by atoms with E-state index in [1.807, 2.05) is 30.3 Å². The number of phenols is 1. The smallest absolute Gasteiger partial charge is 0.320 e. The van der Waals surface area contributed by atoms with Crippen LogP contribution in [-0.2, 0) is 4.79 Å². The average Bonchev–Trinajstić information content (AvgIpc) is 2.66. The third-order valence-electron chi connectivity index (χ3n) is 4.22. The SMILES string of the molecule is COc1cc([C@@H]2NC(=O)NC(c3ccccc3)=C2C(C)=O)c(Br)c(Br)c1O. The highest BCUT2D eigenvalue weighted by atomic mass is 79.9. The maximum atomic E-state index is 12.5. The Balaban J connectivity index is 2.27. The fourth-order valence-corrected chi connectivity index (χ4v) is 3.94. The number of halogens is 2. The number of hydrogen-bond acceptors (Lipinski definition) is 4. The summed E-state index contributed by atoms with van der Waals surface area (Å²) in [6.07, 6.45) is 0. The van der Waals surface area contributed by atoms with Crippen molar-refractivity contribution in [1.29, 1.82) is 0 Å². The molecule has 0 aromatic heterocycles. The number of Topliss-reactive ketones (excluding diaryl/α,β-unsaturated/α-hetero) is 1. The van der Waals surface area contributed by atoms with E-state index in [4.69, 9.17) is 4.74 Å². The van der Waals surface area contributed by atoms with Gasteiger partial charge in [-0.2, -0.15) is 0 Å². The summed E-state index contributed by atoms with van der Waals surface area (Å²) in [5.41, 5.74) is 2.15. The molecule has 1 aliphatic heterocycles. The molecule has 2 amide bonds. The summed E-state index contributed by atoms with van der Waals surface area (Å²) < 4.78 is 6.10. The van der Waals surface area contributed by atoms with Crippen LogP contribution >= 0.6 is 31.9 Å². The molecular weight excluding hydrogens is 480 g/mol. The summed E-state index contributed by atoms with van der Waals surface area (Å²) in [5, 5.41) is 15.7. The second-order valence-electron chi connectivity index (χ2n) is 5.89. The minimum atomic E-state index is -0.730. The van der Waals surface area contributed by atoms with Crippen LogP contribution in [0.4, 0.5) is 4.79 Å². The number of rotatable bonds is 4. The highest BCUT2D eigenvalue weighted by Crippen LogP contribution is 2.45. The van der Waals surface area contributed by atoms with Gasteiger partial charge in [0.25, 0.3) is 0 Å². The maximum absolute atomic E-state index is 12.5. The molecule has 0 radical (unpaired) electrons. The van der Waals surface area contributed by atoms with Crippen molar-refractivity contribution in [3.8, 4) is 11.5 Å². The highest BCUT2D eigenvalue weighted by Gasteiger charge is 2.34. The molecule has 0 spiro atoms. The number of hydrogen-bond donors (Lipinski definition) is 3. The first-order valence-corrected chi connectivity index (χ1v) is 9.56. The molecule has 3 rings (SSSR count). The van der Waals surface area contributed by atoms with E-state index in [9.17, 15) is 14.7 Å². The molecule has 6 nitrogen and oxygen atoms in total. The lowest BCUT2D eigenvalue weighted by Crippen LogP contribution is -2.44. The van der Waals surface area contributed by atoms with Gasteiger partial charge in [-0.25, -0.2) is 4.79 Å². The summed E-state index contributed by atoms with van der Waals surface area (Å²) in [4.78, 5) is 24.9. The summed E-state index contributed by atoms with van der Waals surface area (Å²) in [6.45, 7) is 1.45. The number of phenolic OH excluding ortho intramolecular Hbond substituents is 1. The molecule has 0 bridgehead atoms. The second-order valence-corrected chi connectivity index (χ2v) is 7.47. The van der Waals surface area contributed by atoms with Gasteiger partial charge >= 0.3 is 6.03 Å². The Morgan fingerprint density at radius 3 is 2.44 bits per heavy atom. The molecule has 0 unspecified atom stereocenters. The molecule has 3 N–H and O–H groups in total. The van der Waals surface area contributed by atoms with Crippen molar-refractivity contribution in [2.75, 3.05) is 7.11 Å². The first-order valence-electron chi connectivity index (χ1n) is 7.98. The predicted octanol–water partition coefficient (Wildman–Crippen LogP) is 4.28. The maximum Gasteiger partial charge on any atom is 0.320 e. The number of aromatic hydroxyl groups is 1. The van der Waals surface area contributed by atoms with Crippen molar-refractivity contribution in [3.63, 3.8) is 0 Å². The fourth-order valence-electron chi connectivity index (χ4n) is 2.99. The number of carbonyl (C=O) groups is 2. The van der Waals surface area contributed by atoms with Gasteiger partial charge in [0.15, 0.2) is 17.3 Å². The third-order valence-corrected chi connectivity index (χ3v) is 6.38.